The maximum atomic E-state index is 10.7. The summed E-state index contributed by atoms with van der Waals surface area (Å²) in [5, 5.41) is 0. The maximum absolute atomic E-state index is 10.7. The number of rotatable bonds is 2. The van der Waals surface area contributed by atoms with Gasteiger partial charge in [-0.25, -0.2) is 0 Å². The van der Waals surface area contributed by atoms with Crippen LogP contribution < -0.4 is 4.90 Å². The molecule has 0 unspecified atom stereocenters. The molecule has 0 saturated carbocycles. The molecule has 0 bridgehead atoms. The Bertz CT molecular complexity index is 386. The first-order valence-corrected chi connectivity index (χ1v) is 5.10. The zero-order valence-electron chi connectivity index (χ0n) is 7.84. The van der Waals surface area contributed by atoms with E-state index in [0.717, 1.165) is 5.69 Å². The summed E-state index contributed by atoms with van der Waals surface area (Å²) >= 11 is 0. The lowest BCUT2D eigenvalue weighted by molar-refractivity contribution is 0.483. The number of hydrogen-bond acceptors (Lipinski definition) is 3. The van der Waals surface area contributed by atoms with Gasteiger partial charge >= 0.3 is 0 Å². The number of nitrogens with zero attached hydrogens (tertiary/aromatic N) is 1. The highest BCUT2D eigenvalue weighted by atomic mass is 35.5. The second-order valence-corrected chi connectivity index (χ2v) is 4.28. The Balaban J connectivity index is 0.00000169. The van der Waals surface area contributed by atoms with Crippen LogP contribution in [0.5, 0.6) is 0 Å². The Hall–Kier alpha value is -0.780. The van der Waals surface area contributed by atoms with Crippen molar-refractivity contribution in [2.75, 3.05) is 19.0 Å². The highest BCUT2D eigenvalue weighted by Crippen LogP contribution is 2.15. The number of benzene rings is 1. The second kappa shape index (κ2) is 4.63. The van der Waals surface area contributed by atoms with Crippen molar-refractivity contribution < 1.29 is 13.0 Å². The molecule has 0 aliphatic carbocycles. The Morgan fingerprint density at radius 1 is 1.14 bits per heavy atom. The molecule has 0 amide bonds. The first-order chi connectivity index (χ1) is 5.91. The lowest BCUT2D eigenvalue weighted by Crippen LogP contribution is -2.08. The summed E-state index contributed by atoms with van der Waals surface area (Å²) in [7, 11) is -0.364. The molecule has 0 aliphatic heterocycles. The number of hydrogen-bond donors (Lipinski definition) is 1. The van der Waals surface area contributed by atoms with Crippen LogP contribution in [0.15, 0.2) is 29.2 Å². The molecule has 0 atom stereocenters. The van der Waals surface area contributed by atoms with Crippen LogP contribution in [0.3, 0.4) is 0 Å². The zero-order valence-corrected chi connectivity index (χ0v) is 9.47. The van der Waals surface area contributed by atoms with Gasteiger partial charge in [-0.2, -0.15) is 8.42 Å². The molecule has 0 radical (unpaired) electrons. The van der Waals surface area contributed by atoms with Gasteiger partial charge in [0.25, 0.3) is 10.1 Å². The fourth-order valence-electron chi connectivity index (χ4n) is 0.916. The van der Waals surface area contributed by atoms with Crippen molar-refractivity contribution in [3.05, 3.63) is 24.3 Å². The highest BCUT2D eigenvalue weighted by molar-refractivity contribution is 7.85. The first kappa shape index (κ1) is 13.2. The van der Waals surface area contributed by atoms with Crippen molar-refractivity contribution in [1.29, 1.82) is 0 Å². The minimum atomic E-state index is -4.06. The fourth-order valence-corrected chi connectivity index (χ4v) is 1.40. The van der Waals surface area contributed by atoms with Crippen LogP contribution in [0, 0.1) is 0 Å². The third-order valence-electron chi connectivity index (χ3n) is 1.65. The van der Waals surface area contributed by atoms with E-state index in [1.807, 2.05) is 19.0 Å². The Labute approximate surface area is 89.7 Å². The zero-order chi connectivity index (χ0) is 10.1. The SMILES string of the molecule is CN(C)c1ccc(S(=O)(=O)O)cc1.Cl. The summed E-state index contributed by atoms with van der Waals surface area (Å²) in [6.45, 7) is 0. The van der Waals surface area contributed by atoms with Gasteiger partial charge in [0.05, 0.1) is 4.90 Å². The lowest BCUT2D eigenvalue weighted by atomic mass is 10.3. The largest absolute Gasteiger partial charge is 0.378 e. The van der Waals surface area contributed by atoms with Crippen LogP contribution >= 0.6 is 12.4 Å². The van der Waals surface area contributed by atoms with Gasteiger partial charge in [-0.3, -0.25) is 4.55 Å². The quantitative estimate of drug-likeness (QED) is 0.791. The molecular formula is C8H12ClNO3S. The molecule has 80 valence electrons. The van der Waals surface area contributed by atoms with Gasteiger partial charge in [0.2, 0.25) is 0 Å². The normalized spacial score (nSPS) is 10.5. The smallest absolute Gasteiger partial charge is 0.294 e. The molecule has 14 heavy (non-hydrogen) atoms. The summed E-state index contributed by atoms with van der Waals surface area (Å²) in [4.78, 5) is 1.76. The average molecular weight is 238 g/mol. The number of halogens is 1. The monoisotopic (exact) mass is 237 g/mol. The molecule has 0 aromatic heterocycles. The van der Waals surface area contributed by atoms with E-state index < -0.39 is 10.1 Å². The topological polar surface area (TPSA) is 57.6 Å². The van der Waals surface area contributed by atoms with Gasteiger partial charge in [-0.1, -0.05) is 0 Å². The Kier molecular flexibility index (Phi) is 4.38. The van der Waals surface area contributed by atoms with E-state index in [9.17, 15) is 8.42 Å². The molecule has 1 rings (SSSR count). The van der Waals surface area contributed by atoms with E-state index in [0.29, 0.717) is 0 Å². The van der Waals surface area contributed by atoms with Gasteiger partial charge in [-0.05, 0) is 24.3 Å². The summed E-state index contributed by atoms with van der Waals surface area (Å²) in [6, 6.07) is 5.99. The highest BCUT2D eigenvalue weighted by Gasteiger charge is 2.08. The van der Waals surface area contributed by atoms with Crippen LogP contribution in [0.25, 0.3) is 0 Å². The summed E-state index contributed by atoms with van der Waals surface area (Å²) in [5.41, 5.74) is 0.882. The average Bonchev–Trinajstić information content (AvgIpc) is 2.03. The molecule has 0 saturated heterocycles. The van der Waals surface area contributed by atoms with Crippen molar-refractivity contribution in [2.24, 2.45) is 0 Å². The van der Waals surface area contributed by atoms with Crippen LogP contribution in [-0.4, -0.2) is 27.1 Å². The van der Waals surface area contributed by atoms with E-state index in [-0.39, 0.29) is 17.3 Å². The van der Waals surface area contributed by atoms with Crippen LogP contribution in [0.4, 0.5) is 5.69 Å². The minimum absolute atomic E-state index is 0. The Morgan fingerprint density at radius 2 is 1.57 bits per heavy atom. The van der Waals surface area contributed by atoms with Crippen molar-refractivity contribution in [2.45, 2.75) is 4.90 Å². The maximum Gasteiger partial charge on any atom is 0.294 e. The molecule has 0 spiro atoms. The van der Waals surface area contributed by atoms with Crippen molar-refractivity contribution in [3.63, 3.8) is 0 Å². The van der Waals surface area contributed by atoms with E-state index in [1.54, 1.807) is 12.1 Å². The molecule has 6 heteroatoms. The molecule has 1 aromatic rings. The first-order valence-electron chi connectivity index (χ1n) is 3.66. The molecular weight excluding hydrogens is 226 g/mol. The van der Waals surface area contributed by atoms with Crippen LogP contribution in [-0.2, 0) is 10.1 Å². The van der Waals surface area contributed by atoms with Crippen LogP contribution in [0.1, 0.15) is 0 Å². The molecule has 4 nitrogen and oxygen atoms in total. The predicted octanol–water partition coefficient (Wildman–Crippen LogP) is 1.42. The fraction of sp³-hybridized carbons (Fsp3) is 0.250. The third kappa shape index (κ3) is 3.17. The van der Waals surface area contributed by atoms with Crippen molar-refractivity contribution in [1.82, 2.24) is 0 Å². The predicted molar refractivity (Wildman–Crippen MR) is 57.8 cm³/mol. The number of anilines is 1. The minimum Gasteiger partial charge on any atom is -0.378 e. The summed E-state index contributed by atoms with van der Waals surface area (Å²) in [6.07, 6.45) is 0. The van der Waals surface area contributed by atoms with Gasteiger partial charge in [0.15, 0.2) is 0 Å². The van der Waals surface area contributed by atoms with Crippen molar-refractivity contribution in [3.8, 4) is 0 Å². The van der Waals surface area contributed by atoms with E-state index >= 15 is 0 Å². The lowest BCUT2D eigenvalue weighted by Gasteiger charge is -2.11. The summed E-state index contributed by atoms with van der Waals surface area (Å²) < 4.78 is 30.0. The van der Waals surface area contributed by atoms with E-state index in [1.165, 1.54) is 12.1 Å². The Morgan fingerprint density at radius 3 is 1.86 bits per heavy atom. The molecule has 0 aliphatic rings. The van der Waals surface area contributed by atoms with Gasteiger partial charge in [0.1, 0.15) is 0 Å². The summed E-state index contributed by atoms with van der Waals surface area (Å²) in [5.74, 6) is 0. The van der Waals surface area contributed by atoms with Crippen molar-refractivity contribution >= 4 is 28.2 Å². The van der Waals surface area contributed by atoms with E-state index in [2.05, 4.69) is 0 Å². The molecule has 1 N–H and O–H groups in total. The van der Waals surface area contributed by atoms with Gasteiger partial charge < -0.3 is 4.90 Å². The second-order valence-electron chi connectivity index (χ2n) is 2.86. The van der Waals surface area contributed by atoms with Gasteiger partial charge in [0, 0.05) is 19.8 Å². The van der Waals surface area contributed by atoms with Gasteiger partial charge in [-0.15, -0.1) is 12.4 Å². The molecule has 0 heterocycles. The van der Waals surface area contributed by atoms with Crippen LogP contribution in [0.2, 0.25) is 0 Å². The standard InChI is InChI=1S/C8H11NO3S.ClH/c1-9(2)7-3-5-8(6-4-7)13(10,11)12;/h3-6H,1-2H3,(H,10,11,12);1H. The third-order valence-corrected chi connectivity index (χ3v) is 2.52. The molecule has 1 aromatic carbocycles. The van der Waals surface area contributed by atoms with E-state index in [4.69, 9.17) is 4.55 Å². The molecule has 0 fully saturated rings.